The average Bonchev–Trinajstić information content (AvgIpc) is 3.11. The quantitative estimate of drug-likeness (QED) is 0.254. The Morgan fingerprint density at radius 1 is 1.12 bits per heavy atom. The fourth-order valence-corrected chi connectivity index (χ4v) is 3.87. The lowest BCUT2D eigenvalue weighted by Crippen LogP contribution is -2.07. The number of ether oxygens (including phenoxy) is 1. The van der Waals surface area contributed by atoms with E-state index in [4.69, 9.17) is 25.2 Å². The Morgan fingerprint density at radius 3 is 2.72 bits per heavy atom. The number of hydrogen-bond acceptors (Lipinski definition) is 6. The third kappa shape index (κ3) is 4.92. The van der Waals surface area contributed by atoms with E-state index in [-0.39, 0.29) is 0 Å². The number of para-hydroxylation sites is 1. The molecule has 4 N–H and O–H groups in total. The molecule has 0 aliphatic heterocycles. The summed E-state index contributed by atoms with van der Waals surface area (Å²) in [5.41, 5.74) is 9.64. The number of nitrogens with two attached hydrogens (primary N) is 1. The van der Waals surface area contributed by atoms with Crippen LogP contribution in [0.5, 0.6) is 5.75 Å². The second kappa shape index (κ2) is 9.26. The van der Waals surface area contributed by atoms with Gasteiger partial charge in [-0.3, -0.25) is 0 Å². The van der Waals surface area contributed by atoms with Crippen molar-refractivity contribution in [2.24, 2.45) is 0 Å². The summed E-state index contributed by atoms with van der Waals surface area (Å²) >= 11 is 0. The Hall–Kier alpha value is -2.97. The third-order valence-corrected chi connectivity index (χ3v) is 5.57. The highest BCUT2D eigenvalue weighted by molar-refractivity contribution is 7.46. The molecule has 2 heterocycles. The highest BCUT2D eigenvalue weighted by atomic mass is 31.2. The minimum absolute atomic E-state index is 0.405. The van der Waals surface area contributed by atoms with E-state index < -0.39 is 14.6 Å². The maximum absolute atomic E-state index is 10.8. The molecule has 0 saturated heterocycles. The summed E-state index contributed by atoms with van der Waals surface area (Å²) in [7, 11) is -4.59. The first kappa shape index (κ1) is 22.2. The van der Waals surface area contributed by atoms with Gasteiger partial charge in [-0.25, -0.2) is 19.1 Å². The fourth-order valence-electron chi connectivity index (χ4n) is 3.68. The van der Waals surface area contributed by atoms with Gasteiger partial charge < -0.3 is 24.8 Å². The van der Waals surface area contributed by atoms with Gasteiger partial charge in [0.1, 0.15) is 17.1 Å². The summed E-state index contributed by atoms with van der Waals surface area (Å²) in [5, 5.41) is 0.981. The van der Waals surface area contributed by atoms with Crippen LogP contribution in [0.2, 0.25) is 0 Å². The molecule has 10 heteroatoms. The molecular weight excluding hydrogens is 431 g/mol. The SMILES string of the molecule is CCCCc1nc2c(N)nc3ccccc3c2n1Cc1cccc(OCOP(=O)(O)O)c1. The first-order valence-electron chi connectivity index (χ1n) is 10.3. The summed E-state index contributed by atoms with van der Waals surface area (Å²) in [6.45, 7) is 2.12. The molecule has 32 heavy (non-hydrogen) atoms. The Labute approximate surface area is 185 Å². The van der Waals surface area contributed by atoms with Crippen LogP contribution >= 0.6 is 7.82 Å². The zero-order valence-corrected chi connectivity index (χ0v) is 18.5. The van der Waals surface area contributed by atoms with Crippen molar-refractivity contribution in [2.45, 2.75) is 32.7 Å². The summed E-state index contributed by atoms with van der Waals surface area (Å²) in [6, 6.07) is 15.1. The van der Waals surface area contributed by atoms with Crippen LogP contribution in [-0.4, -0.2) is 31.1 Å². The maximum Gasteiger partial charge on any atom is 0.472 e. The molecule has 0 amide bonds. The van der Waals surface area contributed by atoms with E-state index in [0.29, 0.717) is 23.6 Å². The molecular formula is C22H25N4O5P. The van der Waals surface area contributed by atoms with Gasteiger partial charge >= 0.3 is 7.82 Å². The normalized spacial score (nSPS) is 12.0. The van der Waals surface area contributed by atoms with Crippen LogP contribution in [0.25, 0.3) is 21.9 Å². The van der Waals surface area contributed by atoms with Gasteiger partial charge in [0.15, 0.2) is 12.6 Å². The largest absolute Gasteiger partial charge is 0.472 e. The number of anilines is 1. The van der Waals surface area contributed by atoms with E-state index in [1.165, 1.54) is 0 Å². The molecule has 0 fully saturated rings. The van der Waals surface area contributed by atoms with Gasteiger partial charge in [0.05, 0.1) is 11.0 Å². The molecule has 0 radical (unpaired) electrons. The molecule has 0 aliphatic rings. The van der Waals surface area contributed by atoms with E-state index in [1.54, 1.807) is 6.07 Å². The van der Waals surface area contributed by atoms with E-state index in [1.807, 2.05) is 42.5 Å². The van der Waals surface area contributed by atoms with Gasteiger partial charge in [-0.05, 0) is 30.2 Å². The van der Waals surface area contributed by atoms with Gasteiger partial charge in [-0.1, -0.05) is 43.7 Å². The number of rotatable bonds is 9. The fraction of sp³-hybridized carbons (Fsp3) is 0.273. The highest BCUT2D eigenvalue weighted by Crippen LogP contribution is 2.35. The predicted molar refractivity (Wildman–Crippen MR) is 122 cm³/mol. The molecule has 0 unspecified atom stereocenters. The lowest BCUT2D eigenvalue weighted by atomic mass is 10.1. The number of hydrogen-bond donors (Lipinski definition) is 3. The van der Waals surface area contributed by atoms with Crippen LogP contribution in [0.1, 0.15) is 31.2 Å². The molecule has 0 aliphatic carbocycles. The molecule has 4 aromatic rings. The zero-order chi connectivity index (χ0) is 22.7. The Kier molecular flexibility index (Phi) is 6.43. The molecule has 2 aromatic carbocycles. The lowest BCUT2D eigenvalue weighted by molar-refractivity contribution is 0.0828. The maximum atomic E-state index is 10.8. The number of pyridine rings is 1. The summed E-state index contributed by atoms with van der Waals surface area (Å²) in [4.78, 5) is 27.0. The average molecular weight is 456 g/mol. The number of nitrogen functional groups attached to an aromatic ring is 1. The Bertz CT molecular complexity index is 1300. The first-order valence-corrected chi connectivity index (χ1v) is 11.8. The zero-order valence-electron chi connectivity index (χ0n) is 17.6. The van der Waals surface area contributed by atoms with Crippen LogP contribution in [0, 0.1) is 0 Å². The minimum atomic E-state index is -4.59. The smallest absolute Gasteiger partial charge is 0.467 e. The van der Waals surface area contributed by atoms with Crippen LogP contribution in [-0.2, 0) is 22.1 Å². The van der Waals surface area contributed by atoms with Crippen molar-refractivity contribution in [1.82, 2.24) is 14.5 Å². The number of aromatic nitrogens is 3. The third-order valence-electron chi connectivity index (χ3n) is 5.13. The van der Waals surface area contributed by atoms with Crippen LogP contribution in [0.15, 0.2) is 48.5 Å². The number of phosphoric ester groups is 1. The molecule has 4 rings (SSSR count). The summed E-state index contributed by atoms with van der Waals surface area (Å²) in [6.07, 6.45) is 2.85. The van der Waals surface area contributed by atoms with Crippen LogP contribution < -0.4 is 10.5 Å². The Morgan fingerprint density at radius 2 is 1.94 bits per heavy atom. The molecule has 168 valence electrons. The second-order valence-electron chi connectivity index (χ2n) is 7.46. The molecule has 0 atom stereocenters. The van der Waals surface area contributed by atoms with E-state index in [0.717, 1.165) is 47.1 Å². The lowest BCUT2D eigenvalue weighted by Gasteiger charge is -2.13. The molecule has 0 saturated carbocycles. The number of aryl methyl sites for hydroxylation is 1. The monoisotopic (exact) mass is 456 g/mol. The standard InChI is InChI=1S/C22H25N4O5P/c1-2-3-11-19-25-20-21(17-9-4-5-10-18(17)24-22(20)23)26(19)13-15-7-6-8-16(12-15)30-14-31-32(27,28)29/h4-10,12H,2-3,11,13-14H2,1H3,(H2,23,24)(H2,27,28,29). The topological polar surface area (TPSA) is 133 Å². The van der Waals surface area contributed by atoms with E-state index >= 15 is 0 Å². The van der Waals surface area contributed by atoms with Crippen molar-refractivity contribution in [3.8, 4) is 5.75 Å². The van der Waals surface area contributed by atoms with Gasteiger partial charge in [0.2, 0.25) is 0 Å². The van der Waals surface area contributed by atoms with E-state index in [9.17, 15) is 4.57 Å². The van der Waals surface area contributed by atoms with Gasteiger partial charge in [-0.15, -0.1) is 0 Å². The predicted octanol–water partition coefficient (Wildman–Crippen LogP) is 4.00. The van der Waals surface area contributed by atoms with Gasteiger partial charge in [-0.2, -0.15) is 0 Å². The highest BCUT2D eigenvalue weighted by Gasteiger charge is 2.18. The molecule has 2 aromatic heterocycles. The van der Waals surface area contributed by atoms with Crippen molar-refractivity contribution in [2.75, 3.05) is 12.5 Å². The van der Waals surface area contributed by atoms with Crippen molar-refractivity contribution < 1.29 is 23.6 Å². The van der Waals surface area contributed by atoms with Crippen molar-refractivity contribution >= 4 is 35.6 Å². The minimum Gasteiger partial charge on any atom is -0.467 e. The Balaban J connectivity index is 1.73. The summed E-state index contributed by atoms with van der Waals surface area (Å²) < 4.78 is 22.7. The van der Waals surface area contributed by atoms with Crippen molar-refractivity contribution in [3.63, 3.8) is 0 Å². The summed E-state index contributed by atoms with van der Waals surface area (Å²) in [5.74, 6) is 1.78. The second-order valence-corrected chi connectivity index (χ2v) is 8.70. The number of benzene rings is 2. The van der Waals surface area contributed by atoms with Crippen LogP contribution in [0.4, 0.5) is 5.82 Å². The number of fused-ring (bicyclic) bond motifs is 3. The molecule has 9 nitrogen and oxygen atoms in total. The van der Waals surface area contributed by atoms with Crippen molar-refractivity contribution in [3.05, 3.63) is 59.9 Å². The van der Waals surface area contributed by atoms with Crippen molar-refractivity contribution in [1.29, 1.82) is 0 Å². The van der Waals surface area contributed by atoms with Gasteiger partial charge in [0.25, 0.3) is 0 Å². The molecule has 0 spiro atoms. The van der Waals surface area contributed by atoms with E-state index in [2.05, 4.69) is 21.0 Å². The number of phosphoric acid groups is 1. The first-order chi connectivity index (χ1) is 15.4. The van der Waals surface area contributed by atoms with Crippen LogP contribution in [0.3, 0.4) is 0 Å². The van der Waals surface area contributed by atoms with Gasteiger partial charge in [0, 0.05) is 18.4 Å². The number of nitrogens with zero attached hydrogens (tertiary/aromatic N) is 3. The number of unbranched alkanes of at least 4 members (excludes halogenated alkanes) is 1. The molecule has 0 bridgehead atoms. The number of imidazole rings is 1.